The Kier molecular flexibility index (Phi) is 8.59. The van der Waals surface area contributed by atoms with Crippen molar-refractivity contribution in [1.82, 2.24) is 4.90 Å². The number of carbonyl (C=O) groups excluding carboxylic acids is 2. The third-order valence-corrected chi connectivity index (χ3v) is 6.68. The molecule has 0 radical (unpaired) electrons. The van der Waals surface area contributed by atoms with E-state index in [2.05, 4.69) is 13.8 Å². The maximum absolute atomic E-state index is 13.4. The molecule has 1 aliphatic heterocycles. The first kappa shape index (κ1) is 27.8. The van der Waals surface area contributed by atoms with Gasteiger partial charge in [-0.05, 0) is 54.7 Å². The maximum Gasteiger partial charge on any atom is 0.295 e. The second-order valence-corrected chi connectivity index (χ2v) is 10.1. The molecular weight excluding hydrogens is 494 g/mol. The SMILES string of the molecule is COc1ccc(CCN2C(=O)C(=O)/C(=C(/O)c3cccc(OCC(C)C)c3)C2c2cccc(C)c2)cc1OC. The lowest BCUT2D eigenvalue weighted by molar-refractivity contribution is -0.139. The molecule has 4 rings (SSSR count). The van der Waals surface area contributed by atoms with Crippen molar-refractivity contribution in [2.45, 2.75) is 33.2 Å². The first-order chi connectivity index (χ1) is 18.7. The molecule has 1 aliphatic rings. The predicted molar refractivity (Wildman–Crippen MR) is 150 cm³/mol. The van der Waals surface area contributed by atoms with Crippen LogP contribution in [0.2, 0.25) is 0 Å². The fourth-order valence-electron chi connectivity index (χ4n) is 4.73. The van der Waals surface area contributed by atoms with Gasteiger partial charge in [-0.1, -0.05) is 61.9 Å². The Morgan fingerprint density at radius 3 is 2.38 bits per heavy atom. The zero-order valence-corrected chi connectivity index (χ0v) is 23.1. The molecule has 1 amide bonds. The van der Waals surface area contributed by atoms with E-state index in [1.54, 1.807) is 43.4 Å². The summed E-state index contributed by atoms with van der Waals surface area (Å²) < 4.78 is 16.6. The lowest BCUT2D eigenvalue weighted by atomic mass is 9.94. The van der Waals surface area contributed by atoms with E-state index in [4.69, 9.17) is 14.2 Å². The summed E-state index contributed by atoms with van der Waals surface area (Å²) >= 11 is 0. The molecule has 1 unspecified atom stereocenters. The van der Waals surface area contributed by atoms with Crippen LogP contribution in [0.15, 0.2) is 72.3 Å². The number of ether oxygens (including phenoxy) is 3. The van der Waals surface area contributed by atoms with E-state index < -0.39 is 17.7 Å². The summed E-state index contributed by atoms with van der Waals surface area (Å²) in [4.78, 5) is 28.3. The summed E-state index contributed by atoms with van der Waals surface area (Å²) in [5, 5.41) is 11.4. The molecule has 1 atom stereocenters. The van der Waals surface area contributed by atoms with E-state index in [-0.39, 0.29) is 17.9 Å². The fraction of sp³-hybridized carbons (Fsp3) is 0.312. The number of benzene rings is 3. The first-order valence-electron chi connectivity index (χ1n) is 13.0. The number of aliphatic hydroxyl groups is 1. The highest BCUT2D eigenvalue weighted by atomic mass is 16.5. The van der Waals surface area contributed by atoms with Gasteiger partial charge in [0.25, 0.3) is 11.7 Å². The summed E-state index contributed by atoms with van der Waals surface area (Å²) in [5.41, 5.74) is 3.16. The number of aryl methyl sites for hydroxylation is 1. The number of ketones is 1. The quantitative estimate of drug-likeness (QED) is 0.206. The van der Waals surface area contributed by atoms with Crippen LogP contribution in [0.1, 0.15) is 42.1 Å². The molecule has 0 bridgehead atoms. The highest BCUT2D eigenvalue weighted by molar-refractivity contribution is 6.46. The topological polar surface area (TPSA) is 85.3 Å². The molecule has 0 spiro atoms. The molecule has 1 saturated heterocycles. The molecule has 204 valence electrons. The first-order valence-corrected chi connectivity index (χ1v) is 13.0. The summed E-state index contributed by atoms with van der Waals surface area (Å²) in [7, 11) is 3.14. The molecule has 1 heterocycles. The lowest BCUT2D eigenvalue weighted by Gasteiger charge is -2.26. The van der Waals surface area contributed by atoms with Gasteiger partial charge in [-0.3, -0.25) is 9.59 Å². The molecular formula is C32H35NO6. The fourth-order valence-corrected chi connectivity index (χ4v) is 4.73. The molecule has 7 nitrogen and oxygen atoms in total. The minimum absolute atomic E-state index is 0.0684. The van der Waals surface area contributed by atoms with Gasteiger partial charge in [-0.15, -0.1) is 0 Å². The van der Waals surface area contributed by atoms with Gasteiger partial charge in [0.05, 0.1) is 32.4 Å². The highest BCUT2D eigenvalue weighted by Gasteiger charge is 2.45. The third kappa shape index (κ3) is 6.08. The smallest absolute Gasteiger partial charge is 0.295 e. The predicted octanol–water partition coefficient (Wildman–Crippen LogP) is 5.71. The van der Waals surface area contributed by atoms with Gasteiger partial charge in [0, 0.05) is 12.1 Å². The van der Waals surface area contributed by atoms with E-state index in [0.717, 1.165) is 16.7 Å². The summed E-state index contributed by atoms with van der Waals surface area (Å²) in [6, 6.07) is 19.5. The van der Waals surface area contributed by atoms with E-state index in [1.165, 1.54) is 0 Å². The van der Waals surface area contributed by atoms with Gasteiger partial charge in [0.1, 0.15) is 11.5 Å². The number of amides is 1. The van der Waals surface area contributed by atoms with Crippen LogP contribution >= 0.6 is 0 Å². The minimum Gasteiger partial charge on any atom is -0.507 e. The Bertz CT molecular complexity index is 1390. The molecule has 0 saturated carbocycles. The average Bonchev–Trinajstić information content (AvgIpc) is 3.19. The Labute approximate surface area is 229 Å². The number of methoxy groups -OCH3 is 2. The largest absolute Gasteiger partial charge is 0.507 e. The Balaban J connectivity index is 1.73. The van der Waals surface area contributed by atoms with E-state index >= 15 is 0 Å². The van der Waals surface area contributed by atoms with Crippen molar-refractivity contribution in [3.05, 3.63) is 94.6 Å². The number of Topliss-reactive ketones (excluding diaryl/α,β-unsaturated/α-hetero) is 1. The molecule has 3 aromatic carbocycles. The van der Waals surface area contributed by atoms with Crippen LogP contribution in [-0.4, -0.2) is 49.1 Å². The van der Waals surface area contributed by atoms with Crippen molar-refractivity contribution in [1.29, 1.82) is 0 Å². The molecule has 0 aliphatic carbocycles. The summed E-state index contributed by atoms with van der Waals surface area (Å²) in [6.45, 7) is 6.85. The highest BCUT2D eigenvalue weighted by Crippen LogP contribution is 2.40. The number of carbonyl (C=O) groups is 2. The number of aliphatic hydroxyl groups excluding tert-OH is 1. The second kappa shape index (κ2) is 12.1. The molecule has 7 heteroatoms. The molecule has 39 heavy (non-hydrogen) atoms. The number of hydrogen-bond donors (Lipinski definition) is 1. The van der Waals surface area contributed by atoms with Gasteiger partial charge in [0.2, 0.25) is 0 Å². The van der Waals surface area contributed by atoms with E-state index in [9.17, 15) is 14.7 Å². The number of rotatable bonds is 10. The van der Waals surface area contributed by atoms with Gasteiger partial charge in [-0.2, -0.15) is 0 Å². The van der Waals surface area contributed by atoms with Crippen LogP contribution in [0.4, 0.5) is 0 Å². The van der Waals surface area contributed by atoms with Crippen LogP contribution in [-0.2, 0) is 16.0 Å². The summed E-state index contributed by atoms with van der Waals surface area (Å²) in [6.07, 6.45) is 0.480. The Morgan fingerprint density at radius 1 is 0.949 bits per heavy atom. The molecule has 0 aromatic heterocycles. The Hall–Kier alpha value is -4.26. The number of hydrogen-bond acceptors (Lipinski definition) is 6. The van der Waals surface area contributed by atoms with Gasteiger partial charge >= 0.3 is 0 Å². The summed E-state index contributed by atoms with van der Waals surface area (Å²) in [5.74, 6) is 0.550. The average molecular weight is 530 g/mol. The minimum atomic E-state index is -0.731. The van der Waals surface area contributed by atoms with E-state index in [1.807, 2.05) is 49.4 Å². The van der Waals surface area contributed by atoms with Crippen LogP contribution < -0.4 is 14.2 Å². The third-order valence-electron chi connectivity index (χ3n) is 6.68. The van der Waals surface area contributed by atoms with Crippen molar-refractivity contribution < 1.29 is 28.9 Å². The van der Waals surface area contributed by atoms with Crippen molar-refractivity contribution in [2.24, 2.45) is 5.92 Å². The van der Waals surface area contributed by atoms with Gasteiger partial charge < -0.3 is 24.2 Å². The van der Waals surface area contributed by atoms with E-state index in [0.29, 0.717) is 41.8 Å². The standard InChI is InChI=1S/C32H35NO6/c1-20(2)19-39-25-11-7-10-24(18-25)30(34)28-29(23-9-6-8-21(3)16-23)33(32(36)31(28)35)15-14-22-12-13-26(37-4)27(17-22)38-5/h6-13,16-18,20,29,34H,14-15,19H2,1-5H3/b30-28+. The monoisotopic (exact) mass is 529 g/mol. The molecule has 1 N–H and O–H groups in total. The number of likely N-dealkylation sites (tertiary alicyclic amines) is 1. The van der Waals surface area contributed by atoms with Gasteiger partial charge in [0.15, 0.2) is 11.5 Å². The Morgan fingerprint density at radius 2 is 1.69 bits per heavy atom. The van der Waals surface area contributed by atoms with Crippen LogP contribution in [0.25, 0.3) is 5.76 Å². The normalized spacial score (nSPS) is 16.6. The zero-order valence-electron chi connectivity index (χ0n) is 23.1. The van der Waals surface area contributed by atoms with Gasteiger partial charge in [-0.25, -0.2) is 0 Å². The van der Waals surface area contributed by atoms with Crippen LogP contribution in [0, 0.1) is 12.8 Å². The van der Waals surface area contributed by atoms with Crippen molar-refractivity contribution in [3.8, 4) is 17.2 Å². The van der Waals surface area contributed by atoms with Crippen molar-refractivity contribution >= 4 is 17.4 Å². The van der Waals surface area contributed by atoms with Crippen LogP contribution in [0.3, 0.4) is 0 Å². The lowest BCUT2D eigenvalue weighted by Crippen LogP contribution is -2.31. The molecule has 1 fully saturated rings. The number of nitrogens with zero attached hydrogens (tertiary/aromatic N) is 1. The maximum atomic E-state index is 13.4. The second-order valence-electron chi connectivity index (χ2n) is 10.1. The van der Waals surface area contributed by atoms with Crippen molar-refractivity contribution in [2.75, 3.05) is 27.4 Å². The molecule has 3 aromatic rings. The zero-order chi connectivity index (χ0) is 28.1. The van der Waals surface area contributed by atoms with Crippen molar-refractivity contribution in [3.63, 3.8) is 0 Å². The van der Waals surface area contributed by atoms with Crippen LogP contribution in [0.5, 0.6) is 17.2 Å².